The molecule has 2 aliphatic heterocycles. The Kier molecular flexibility index (Phi) is 16.4. The Hall–Kier alpha value is -4.52. The monoisotopic (exact) mass is 1080 g/mol. The molecule has 10 rings (SSSR count). The van der Waals surface area contributed by atoms with Crippen molar-refractivity contribution in [2.45, 2.75) is 75.8 Å². The number of halogens is 4. The highest BCUT2D eigenvalue weighted by Gasteiger charge is 2.37. The number of imidazole rings is 2. The van der Waals surface area contributed by atoms with Gasteiger partial charge in [-0.25, -0.2) is 9.97 Å². The van der Waals surface area contributed by atoms with Gasteiger partial charge in [0.1, 0.15) is 0 Å². The van der Waals surface area contributed by atoms with Crippen LogP contribution in [0.25, 0.3) is 0 Å². The number of aryl methyl sites for hydroxylation is 6. The largest absolute Gasteiger partial charge is 0.355 e. The zero-order valence-electron chi connectivity index (χ0n) is 37.8. The molecule has 2 aromatic carbocycles. The molecule has 2 fully saturated rings. The van der Waals surface area contributed by atoms with Crippen molar-refractivity contribution < 1.29 is 9.59 Å². The Morgan fingerprint density at radius 2 is 1.07 bits per heavy atom. The lowest BCUT2D eigenvalue weighted by Gasteiger charge is -2.39. The van der Waals surface area contributed by atoms with E-state index >= 15 is 0 Å². The van der Waals surface area contributed by atoms with Gasteiger partial charge in [-0.05, 0) is 140 Å². The molecule has 4 N–H and O–H groups in total. The van der Waals surface area contributed by atoms with Crippen LogP contribution in [0, 0.1) is 0 Å². The normalized spacial score (nSPS) is 20.3. The van der Waals surface area contributed by atoms with Crippen LogP contribution in [0.5, 0.6) is 0 Å². The number of benzene rings is 2. The molecule has 356 valence electrons. The Bertz CT molecular complexity index is 2380. The van der Waals surface area contributed by atoms with Crippen LogP contribution in [-0.2, 0) is 48.4 Å². The number of carbonyl (C=O) groups is 2. The zero-order valence-corrected chi connectivity index (χ0v) is 42.5. The standard InChI is InChI=1S/2C25H28BrClN6O/c2*26-19-12-18-3-2-17-13-20(27)4-5-21(17)24(23(18)31-14-19)33-11-8-29-22(15-33)25(34)30-6-1-9-32-10-7-28-16-32/h2*4-5,7,10,12-14,16,22,24,29H,1-3,6,8-9,11,15H2,(H,30,34)/t22?,24-;/m1./s1. The van der Waals surface area contributed by atoms with Crippen LogP contribution in [0.15, 0.2) is 107 Å². The Labute approximate surface area is 424 Å². The van der Waals surface area contributed by atoms with Gasteiger partial charge >= 0.3 is 0 Å². The van der Waals surface area contributed by atoms with Crippen molar-refractivity contribution in [3.05, 3.63) is 162 Å². The molecule has 18 heteroatoms. The van der Waals surface area contributed by atoms with Gasteiger partial charge in [-0.15, -0.1) is 0 Å². The number of pyridine rings is 2. The first-order chi connectivity index (χ1) is 33.2. The minimum Gasteiger partial charge on any atom is -0.355 e. The first-order valence-electron chi connectivity index (χ1n) is 23.4. The van der Waals surface area contributed by atoms with Gasteiger partial charge in [0.2, 0.25) is 11.8 Å². The molecule has 4 aromatic heterocycles. The van der Waals surface area contributed by atoms with E-state index in [-0.39, 0.29) is 36.0 Å². The van der Waals surface area contributed by atoms with Crippen LogP contribution in [0.1, 0.15) is 69.7 Å². The second kappa shape index (κ2) is 22.9. The number of rotatable bonds is 12. The van der Waals surface area contributed by atoms with Crippen molar-refractivity contribution in [2.75, 3.05) is 52.4 Å². The van der Waals surface area contributed by atoms with Gasteiger partial charge in [0.05, 0.1) is 48.2 Å². The van der Waals surface area contributed by atoms with Gasteiger partial charge in [-0.1, -0.05) is 35.3 Å². The summed E-state index contributed by atoms with van der Waals surface area (Å²) < 4.78 is 6.01. The van der Waals surface area contributed by atoms with Gasteiger partial charge < -0.3 is 30.4 Å². The Morgan fingerprint density at radius 1 is 0.632 bits per heavy atom. The van der Waals surface area contributed by atoms with Crippen molar-refractivity contribution >= 4 is 66.9 Å². The molecule has 4 aliphatic rings. The second-order valence-corrected chi connectivity index (χ2v) is 20.5. The summed E-state index contributed by atoms with van der Waals surface area (Å²) in [6.07, 6.45) is 20.1. The van der Waals surface area contributed by atoms with E-state index in [1.54, 1.807) is 25.0 Å². The van der Waals surface area contributed by atoms with Crippen molar-refractivity contribution in [1.29, 1.82) is 0 Å². The molecule has 0 radical (unpaired) electrons. The van der Waals surface area contributed by atoms with E-state index in [1.807, 2.05) is 46.1 Å². The smallest absolute Gasteiger partial charge is 0.238 e. The molecule has 0 bridgehead atoms. The van der Waals surface area contributed by atoms with Crippen LogP contribution in [-0.4, -0.2) is 115 Å². The van der Waals surface area contributed by atoms with Crippen LogP contribution in [0.3, 0.4) is 0 Å². The molecule has 0 spiro atoms. The molecule has 2 amide bonds. The fourth-order valence-electron chi connectivity index (χ4n) is 9.96. The summed E-state index contributed by atoms with van der Waals surface area (Å²) in [5.41, 5.74) is 9.61. The van der Waals surface area contributed by atoms with Gasteiger partial charge in [-0.3, -0.25) is 29.4 Å². The number of piperazine rings is 2. The SMILES string of the molecule is O=C(NCCCn1ccnc1)C1CN(C2c3ccc(Cl)cc3CCc3cc(Br)cnc32)CCN1.O=C(NCCCn1ccnc1)C1CN([C@@H]2c3ccc(Cl)cc3CCc3cc(Br)cnc32)CCN1. The number of nitrogens with zero attached hydrogens (tertiary/aromatic N) is 8. The highest BCUT2D eigenvalue weighted by molar-refractivity contribution is 9.10. The number of carbonyl (C=O) groups excluding carboxylic acids is 2. The van der Waals surface area contributed by atoms with Crippen LogP contribution in [0.2, 0.25) is 10.0 Å². The molecular formula is C50H56Br2Cl2N12O2. The van der Waals surface area contributed by atoms with Crippen molar-refractivity contribution in [3.63, 3.8) is 0 Å². The fraction of sp³-hybridized carbons (Fsp3) is 0.400. The summed E-state index contributed by atoms with van der Waals surface area (Å²) in [5.74, 6) is 0.0912. The molecule has 6 heterocycles. The fourth-order valence-corrected chi connectivity index (χ4v) is 11.1. The third kappa shape index (κ3) is 11.9. The minimum absolute atomic E-state index is 0.00323. The lowest BCUT2D eigenvalue weighted by atomic mass is 9.95. The van der Waals surface area contributed by atoms with Crippen molar-refractivity contribution in [1.82, 2.24) is 60.1 Å². The number of nitrogens with one attached hydrogen (secondary N) is 4. The Morgan fingerprint density at radius 3 is 1.50 bits per heavy atom. The van der Waals surface area contributed by atoms with E-state index in [0.29, 0.717) is 26.2 Å². The average molecular weight is 1090 g/mol. The minimum atomic E-state index is -0.264. The third-order valence-corrected chi connectivity index (χ3v) is 14.6. The van der Waals surface area contributed by atoms with Crippen LogP contribution >= 0.6 is 55.1 Å². The number of amides is 2. The highest BCUT2D eigenvalue weighted by Crippen LogP contribution is 2.39. The molecule has 14 nitrogen and oxygen atoms in total. The number of fused-ring (bicyclic) bond motifs is 4. The first kappa shape index (κ1) is 48.5. The molecule has 4 atom stereocenters. The maximum atomic E-state index is 13.0. The molecule has 2 aliphatic carbocycles. The summed E-state index contributed by atoms with van der Waals surface area (Å²) in [7, 11) is 0. The zero-order chi connectivity index (χ0) is 47.0. The lowest BCUT2D eigenvalue weighted by Crippen LogP contribution is -2.58. The predicted octanol–water partition coefficient (Wildman–Crippen LogP) is 6.72. The number of hydrogen-bond donors (Lipinski definition) is 4. The van der Waals surface area contributed by atoms with Crippen LogP contribution in [0.4, 0.5) is 0 Å². The quantitative estimate of drug-likeness (QED) is 0.0974. The number of aromatic nitrogens is 6. The van der Waals surface area contributed by atoms with Crippen LogP contribution < -0.4 is 21.3 Å². The highest BCUT2D eigenvalue weighted by atomic mass is 79.9. The summed E-state index contributed by atoms with van der Waals surface area (Å²) in [6.45, 7) is 7.37. The molecule has 2 saturated heterocycles. The van der Waals surface area contributed by atoms with E-state index in [9.17, 15) is 9.59 Å². The summed E-state index contributed by atoms with van der Waals surface area (Å²) in [4.78, 5) is 48.6. The van der Waals surface area contributed by atoms with E-state index < -0.39 is 0 Å². The van der Waals surface area contributed by atoms with Gasteiger partial charge in [0.15, 0.2) is 0 Å². The van der Waals surface area contributed by atoms with Gasteiger partial charge in [0, 0.05) is 122 Å². The topological polar surface area (TPSA) is 150 Å². The summed E-state index contributed by atoms with van der Waals surface area (Å²) in [6, 6.07) is 16.2. The average Bonchev–Trinajstić information content (AvgIpc) is 4.03. The first-order valence-corrected chi connectivity index (χ1v) is 25.8. The summed E-state index contributed by atoms with van der Waals surface area (Å²) >= 11 is 19.9. The van der Waals surface area contributed by atoms with E-state index in [0.717, 1.165) is 108 Å². The third-order valence-electron chi connectivity index (χ3n) is 13.3. The van der Waals surface area contributed by atoms with Crippen molar-refractivity contribution in [2.24, 2.45) is 0 Å². The van der Waals surface area contributed by atoms with E-state index in [2.05, 4.69) is 109 Å². The maximum absolute atomic E-state index is 13.0. The molecular weight excluding hydrogens is 1030 g/mol. The van der Waals surface area contributed by atoms with E-state index in [1.165, 1.54) is 33.4 Å². The molecule has 0 saturated carbocycles. The molecule has 3 unspecified atom stereocenters. The molecule has 6 aromatic rings. The summed E-state index contributed by atoms with van der Waals surface area (Å²) in [5, 5.41) is 14.5. The van der Waals surface area contributed by atoms with E-state index in [4.69, 9.17) is 33.2 Å². The second-order valence-electron chi connectivity index (χ2n) is 17.8. The van der Waals surface area contributed by atoms with Gasteiger partial charge in [-0.2, -0.15) is 0 Å². The number of hydrogen-bond acceptors (Lipinski definition) is 10. The molecule has 68 heavy (non-hydrogen) atoms. The predicted molar refractivity (Wildman–Crippen MR) is 272 cm³/mol. The van der Waals surface area contributed by atoms with Crippen molar-refractivity contribution in [3.8, 4) is 0 Å². The Balaban J connectivity index is 0.000000170. The maximum Gasteiger partial charge on any atom is 0.238 e. The lowest BCUT2D eigenvalue weighted by molar-refractivity contribution is -0.125. The van der Waals surface area contributed by atoms with Gasteiger partial charge in [0.25, 0.3) is 0 Å².